The third kappa shape index (κ3) is 2.44. The summed E-state index contributed by atoms with van der Waals surface area (Å²) in [6.07, 6.45) is 0. The number of nitriles is 1. The number of nitrogens with two attached hydrogens (primary N) is 1. The number of hydrogen-bond donors (Lipinski definition) is 1. The minimum absolute atomic E-state index is 0.0285. The van der Waals surface area contributed by atoms with Crippen molar-refractivity contribution >= 4 is 17.5 Å². The van der Waals surface area contributed by atoms with Gasteiger partial charge in [-0.15, -0.1) is 0 Å². The van der Waals surface area contributed by atoms with Crippen molar-refractivity contribution in [3.8, 4) is 17.8 Å². The van der Waals surface area contributed by atoms with Crippen LogP contribution in [-0.4, -0.2) is 15.0 Å². The van der Waals surface area contributed by atoms with E-state index in [0.29, 0.717) is 0 Å². The Kier molecular flexibility index (Phi) is 3.21. The van der Waals surface area contributed by atoms with Gasteiger partial charge in [0.1, 0.15) is 17.4 Å². The van der Waals surface area contributed by atoms with Crippen LogP contribution in [0.4, 0.5) is 10.3 Å². The molecule has 1 heterocycles. The number of benzene rings is 1. The lowest BCUT2D eigenvalue weighted by Gasteiger charge is -2.06. The van der Waals surface area contributed by atoms with E-state index in [9.17, 15) is 4.39 Å². The van der Waals surface area contributed by atoms with Crippen molar-refractivity contribution in [1.29, 1.82) is 5.26 Å². The van der Waals surface area contributed by atoms with Gasteiger partial charge in [0.15, 0.2) is 5.75 Å². The van der Waals surface area contributed by atoms with E-state index in [4.69, 9.17) is 27.3 Å². The van der Waals surface area contributed by atoms with Gasteiger partial charge in [-0.25, -0.2) is 4.39 Å². The summed E-state index contributed by atoms with van der Waals surface area (Å²) >= 11 is 5.56. The molecule has 0 saturated heterocycles. The predicted octanol–water partition coefficient (Wildman–Crippen LogP) is 1.91. The molecule has 0 atom stereocenters. The van der Waals surface area contributed by atoms with Crippen LogP contribution in [-0.2, 0) is 0 Å². The molecule has 0 radical (unpaired) electrons. The summed E-state index contributed by atoms with van der Waals surface area (Å²) in [5.74, 6) is -0.873. The molecule has 0 fully saturated rings. The Morgan fingerprint density at radius 3 is 2.78 bits per heavy atom. The Bertz CT molecular complexity index is 622. The molecule has 8 heteroatoms. The molecule has 2 N–H and O–H groups in total. The zero-order chi connectivity index (χ0) is 13.1. The molecule has 6 nitrogen and oxygen atoms in total. The van der Waals surface area contributed by atoms with Crippen LogP contribution in [0.3, 0.4) is 0 Å². The smallest absolute Gasteiger partial charge is 0.328 e. The molecular formula is C10H5ClFN5O. The Morgan fingerprint density at radius 2 is 2.11 bits per heavy atom. The van der Waals surface area contributed by atoms with Crippen LogP contribution in [0.25, 0.3) is 0 Å². The first-order valence-corrected chi connectivity index (χ1v) is 5.01. The minimum atomic E-state index is -0.705. The third-order valence-electron chi connectivity index (χ3n) is 1.89. The molecule has 0 aliphatic heterocycles. The lowest BCUT2D eigenvalue weighted by atomic mass is 10.2. The first-order valence-electron chi connectivity index (χ1n) is 4.63. The summed E-state index contributed by atoms with van der Waals surface area (Å²) in [6, 6.07) is 5.39. The fourth-order valence-corrected chi connectivity index (χ4v) is 1.35. The number of hydrogen-bond acceptors (Lipinski definition) is 6. The molecule has 90 valence electrons. The lowest BCUT2D eigenvalue weighted by molar-refractivity contribution is 0.435. The molecule has 2 aromatic rings. The summed E-state index contributed by atoms with van der Waals surface area (Å²) in [5.41, 5.74) is 5.09. The average molecular weight is 266 g/mol. The highest BCUT2D eigenvalue weighted by Gasteiger charge is 2.12. The van der Waals surface area contributed by atoms with Gasteiger partial charge in [0.25, 0.3) is 0 Å². The number of halogens is 2. The summed E-state index contributed by atoms with van der Waals surface area (Å²) in [5, 5.41) is 8.65. The first kappa shape index (κ1) is 12.0. The van der Waals surface area contributed by atoms with E-state index in [0.717, 1.165) is 6.07 Å². The zero-order valence-electron chi connectivity index (χ0n) is 8.76. The normalized spacial score (nSPS) is 9.83. The molecule has 0 amide bonds. The van der Waals surface area contributed by atoms with Crippen LogP contribution in [0.2, 0.25) is 5.28 Å². The third-order valence-corrected chi connectivity index (χ3v) is 2.06. The van der Waals surface area contributed by atoms with E-state index < -0.39 is 5.82 Å². The van der Waals surface area contributed by atoms with Gasteiger partial charge in [-0.05, 0) is 23.7 Å². The maximum Gasteiger partial charge on any atom is 0.328 e. The van der Waals surface area contributed by atoms with Crippen LogP contribution in [0.15, 0.2) is 18.2 Å². The lowest BCUT2D eigenvalue weighted by Crippen LogP contribution is -2.01. The van der Waals surface area contributed by atoms with Gasteiger partial charge < -0.3 is 10.5 Å². The van der Waals surface area contributed by atoms with Crippen molar-refractivity contribution < 1.29 is 9.13 Å². The van der Waals surface area contributed by atoms with Gasteiger partial charge in [0.2, 0.25) is 11.2 Å². The molecule has 0 aliphatic rings. The average Bonchev–Trinajstić information content (AvgIpc) is 2.27. The van der Waals surface area contributed by atoms with Crippen LogP contribution in [0, 0.1) is 17.1 Å². The van der Waals surface area contributed by atoms with Crippen molar-refractivity contribution in [2.45, 2.75) is 0 Å². The second-order valence-corrected chi connectivity index (χ2v) is 3.41. The highest BCUT2D eigenvalue weighted by molar-refractivity contribution is 6.28. The van der Waals surface area contributed by atoms with E-state index in [1.807, 2.05) is 0 Å². The van der Waals surface area contributed by atoms with E-state index in [1.165, 1.54) is 12.1 Å². The topological polar surface area (TPSA) is 97.7 Å². The highest BCUT2D eigenvalue weighted by atomic mass is 35.5. The van der Waals surface area contributed by atoms with Crippen LogP contribution >= 0.6 is 11.6 Å². The van der Waals surface area contributed by atoms with Crippen molar-refractivity contribution in [3.05, 3.63) is 34.9 Å². The Hall–Kier alpha value is -2.46. The van der Waals surface area contributed by atoms with Crippen molar-refractivity contribution in [1.82, 2.24) is 15.0 Å². The fourth-order valence-electron chi connectivity index (χ4n) is 1.19. The quantitative estimate of drug-likeness (QED) is 0.891. The summed E-state index contributed by atoms with van der Waals surface area (Å²) in [6.45, 7) is 0. The van der Waals surface area contributed by atoms with Gasteiger partial charge in [-0.2, -0.15) is 20.2 Å². The van der Waals surface area contributed by atoms with Gasteiger partial charge in [0, 0.05) is 0 Å². The van der Waals surface area contributed by atoms with Gasteiger partial charge in [-0.1, -0.05) is 6.07 Å². The number of nitrogens with zero attached hydrogens (tertiary/aromatic N) is 4. The van der Waals surface area contributed by atoms with Crippen molar-refractivity contribution in [3.63, 3.8) is 0 Å². The number of anilines is 1. The van der Waals surface area contributed by atoms with E-state index in [-0.39, 0.29) is 28.6 Å². The SMILES string of the molecule is N#Cc1c(F)cccc1Oc1nc(N)nc(Cl)n1. The summed E-state index contributed by atoms with van der Waals surface area (Å²) < 4.78 is 18.5. The molecule has 0 spiro atoms. The van der Waals surface area contributed by atoms with Crippen molar-refractivity contribution in [2.24, 2.45) is 0 Å². The molecule has 0 bridgehead atoms. The molecule has 0 aliphatic carbocycles. The maximum atomic E-state index is 13.3. The Morgan fingerprint density at radius 1 is 1.33 bits per heavy atom. The number of rotatable bonds is 2. The molecule has 1 aromatic carbocycles. The number of nitrogen functional groups attached to an aromatic ring is 1. The number of aromatic nitrogens is 3. The Balaban J connectivity index is 2.40. The first-order chi connectivity index (χ1) is 8.60. The summed E-state index contributed by atoms with van der Waals surface area (Å²) in [7, 11) is 0. The second-order valence-electron chi connectivity index (χ2n) is 3.07. The summed E-state index contributed by atoms with van der Waals surface area (Å²) in [4.78, 5) is 10.8. The molecule has 1 aromatic heterocycles. The van der Waals surface area contributed by atoms with Crippen molar-refractivity contribution in [2.75, 3.05) is 5.73 Å². The monoisotopic (exact) mass is 265 g/mol. The number of ether oxygens (including phenoxy) is 1. The largest absolute Gasteiger partial charge is 0.423 e. The standard InChI is InChI=1S/C10H5ClFN5O/c11-8-15-9(14)17-10(16-8)18-7-3-1-2-6(12)5(7)4-13/h1-3H,(H2,14,15,16,17). The van der Waals surface area contributed by atoms with Crippen LogP contribution in [0.5, 0.6) is 11.8 Å². The van der Waals surface area contributed by atoms with E-state index in [2.05, 4.69) is 15.0 Å². The van der Waals surface area contributed by atoms with Gasteiger partial charge in [-0.3, -0.25) is 0 Å². The fraction of sp³-hybridized carbons (Fsp3) is 0. The van der Waals surface area contributed by atoms with Gasteiger partial charge >= 0.3 is 6.01 Å². The van der Waals surface area contributed by atoms with Gasteiger partial charge in [0.05, 0.1) is 0 Å². The molecule has 2 rings (SSSR count). The zero-order valence-corrected chi connectivity index (χ0v) is 9.52. The predicted molar refractivity (Wildman–Crippen MR) is 60.4 cm³/mol. The Labute approximate surface area is 106 Å². The van der Waals surface area contributed by atoms with E-state index in [1.54, 1.807) is 6.07 Å². The second kappa shape index (κ2) is 4.81. The molecule has 18 heavy (non-hydrogen) atoms. The molecule has 0 unspecified atom stereocenters. The van der Waals surface area contributed by atoms with Crippen LogP contribution < -0.4 is 10.5 Å². The van der Waals surface area contributed by atoms with Crippen LogP contribution in [0.1, 0.15) is 5.56 Å². The highest BCUT2D eigenvalue weighted by Crippen LogP contribution is 2.25. The molecular weight excluding hydrogens is 261 g/mol. The molecule has 0 saturated carbocycles. The maximum absolute atomic E-state index is 13.3. The van der Waals surface area contributed by atoms with E-state index >= 15 is 0 Å². The minimum Gasteiger partial charge on any atom is -0.423 e.